The highest BCUT2D eigenvalue weighted by molar-refractivity contribution is 7.23. The fourth-order valence-electron chi connectivity index (χ4n) is 3.02. The molecule has 4 aromatic rings. The highest BCUT2D eigenvalue weighted by atomic mass is 32.1. The van der Waals surface area contributed by atoms with Crippen LogP contribution in [-0.2, 0) is 5.41 Å². The average Bonchev–Trinajstić information content (AvgIpc) is 3.53. The Kier molecular flexibility index (Phi) is 6.40. The Hall–Kier alpha value is -3.70. The van der Waals surface area contributed by atoms with Crippen LogP contribution in [0.5, 0.6) is 0 Å². The number of hydrogen-bond donors (Lipinski definition) is 4. The summed E-state index contributed by atoms with van der Waals surface area (Å²) in [7, 11) is 1.52. The zero-order valence-corrected chi connectivity index (χ0v) is 20.7. The zero-order valence-electron chi connectivity index (χ0n) is 19.1. The summed E-state index contributed by atoms with van der Waals surface area (Å²) in [6.45, 7) is 6.08. The van der Waals surface area contributed by atoms with Crippen LogP contribution in [0.2, 0.25) is 0 Å². The van der Waals surface area contributed by atoms with E-state index in [2.05, 4.69) is 25.9 Å². The van der Waals surface area contributed by atoms with E-state index < -0.39 is 0 Å². The maximum atomic E-state index is 12.7. The molecule has 9 nitrogen and oxygen atoms in total. The third-order valence-corrected chi connectivity index (χ3v) is 6.77. The molecule has 0 unspecified atom stereocenters. The van der Waals surface area contributed by atoms with Gasteiger partial charge in [-0.15, -0.1) is 11.3 Å². The Balaban J connectivity index is 1.51. The quantitative estimate of drug-likeness (QED) is 0.292. The number of nitrogen functional groups attached to an aromatic ring is 1. The van der Waals surface area contributed by atoms with Gasteiger partial charge in [-0.3, -0.25) is 10.1 Å². The van der Waals surface area contributed by atoms with Crippen molar-refractivity contribution in [3.05, 3.63) is 53.3 Å². The van der Waals surface area contributed by atoms with Gasteiger partial charge in [0.15, 0.2) is 10.9 Å². The highest BCUT2D eigenvalue weighted by Gasteiger charge is 2.21. The number of nitrogens with one attached hydrogen (secondary N) is 3. The smallest absolute Gasteiger partial charge is 0.320 e. The number of anilines is 3. The van der Waals surface area contributed by atoms with Crippen LogP contribution in [-0.4, -0.2) is 29.0 Å². The minimum absolute atomic E-state index is 0.179. The minimum Gasteiger partial charge on any atom is -0.455 e. The first-order valence-corrected chi connectivity index (χ1v) is 12.1. The standard InChI is InChI=1S/C23H24N6O3S2/c1-23(2,3)16-9-8-15(32-16)19(30)26-13-7-5-6-12(10-13)14-11-33-20(27-14)17-18(24)28-22(34-17)29-21(31)25-4/h5-11H,24H2,1-4H3,(H,26,30)(H2,25,28,29,31). The van der Waals surface area contributed by atoms with Gasteiger partial charge in [-0.05, 0) is 24.3 Å². The number of nitrogens with two attached hydrogens (primary N) is 1. The van der Waals surface area contributed by atoms with Crippen molar-refractivity contribution in [2.24, 2.45) is 0 Å². The molecule has 0 bridgehead atoms. The van der Waals surface area contributed by atoms with Gasteiger partial charge in [0, 0.05) is 29.1 Å². The van der Waals surface area contributed by atoms with Crippen LogP contribution in [0.1, 0.15) is 37.1 Å². The molecule has 3 amide bonds. The number of carbonyl (C=O) groups excluding carboxylic acids is 2. The number of furan rings is 1. The molecule has 176 valence electrons. The summed E-state index contributed by atoms with van der Waals surface area (Å²) in [5, 5.41) is 10.9. The van der Waals surface area contributed by atoms with E-state index >= 15 is 0 Å². The van der Waals surface area contributed by atoms with E-state index in [1.165, 1.54) is 29.7 Å². The molecule has 0 spiro atoms. The summed E-state index contributed by atoms with van der Waals surface area (Å²) in [4.78, 5) is 33.7. The first-order valence-electron chi connectivity index (χ1n) is 10.4. The van der Waals surface area contributed by atoms with E-state index in [1.807, 2.05) is 50.4 Å². The molecular weight excluding hydrogens is 472 g/mol. The van der Waals surface area contributed by atoms with Crippen LogP contribution in [0.4, 0.5) is 21.4 Å². The van der Waals surface area contributed by atoms with Crippen LogP contribution < -0.4 is 21.7 Å². The van der Waals surface area contributed by atoms with Crippen LogP contribution in [0.25, 0.3) is 21.1 Å². The fourth-order valence-corrected chi connectivity index (χ4v) is 4.83. The molecule has 3 aromatic heterocycles. The number of urea groups is 1. The van der Waals surface area contributed by atoms with Gasteiger partial charge in [-0.1, -0.05) is 44.2 Å². The molecule has 0 aliphatic rings. The monoisotopic (exact) mass is 496 g/mol. The Morgan fingerprint density at radius 2 is 1.88 bits per heavy atom. The number of thiazole rings is 2. The van der Waals surface area contributed by atoms with Gasteiger partial charge in [0.25, 0.3) is 5.91 Å². The Labute approximate surface area is 204 Å². The first kappa shape index (κ1) is 23.5. The number of benzene rings is 1. The van der Waals surface area contributed by atoms with E-state index in [1.54, 1.807) is 12.1 Å². The maximum absolute atomic E-state index is 12.7. The van der Waals surface area contributed by atoms with Crippen LogP contribution in [0.3, 0.4) is 0 Å². The average molecular weight is 497 g/mol. The van der Waals surface area contributed by atoms with Gasteiger partial charge in [-0.25, -0.2) is 14.8 Å². The van der Waals surface area contributed by atoms with E-state index in [-0.39, 0.29) is 23.1 Å². The second-order valence-electron chi connectivity index (χ2n) is 8.42. The van der Waals surface area contributed by atoms with Crippen molar-refractivity contribution >= 4 is 51.2 Å². The van der Waals surface area contributed by atoms with Gasteiger partial charge in [-0.2, -0.15) is 0 Å². The second kappa shape index (κ2) is 9.27. The largest absolute Gasteiger partial charge is 0.455 e. The molecule has 1 aromatic carbocycles. The van der Waals surface area contributed by atoms with Crippen molar-refractivity contribution in [1.29, 1.82) is 0 Å². The summed E-state index contributed by atoms with van der Waals surface area (Å²) in [6.07, 6.45) is 0. The van der Waals surface area contributed by atoms with Crippen molar-refractivity contribution in [1.82, 2.24) is 15.3 Å². The molecule has 3 heterocycles. The minimum atomic E-state index is -0.372. The van der Waals surface area contributed by atoms with Crippen molar-refractivity contribution in [3.63, 3.8) is 0 Å². The van der Waals surface area contributed by atoms with Crippen molar-refractivity contribution < 1.29 is 14.0 Å². The lowest BCUT2D eigenvalue weighted by molar-refractivity contribution is 0.0993. The summed E-state index contributed by atoms with van der Waals surface area (Å²) < 4.78 is 5.72. The molecule has 0 fully saturated rings. The number of rotatable bonds is 5. The van der Waals surface area contributed by atoms with Crippen molar-refractivity contribution in [2.75, 3.05) is 23.4 Å². The van der Waals surface area contributed by atoms with Gasteiger partial charge in [0.1, 0.15) is 21.5 Å². The lowest BCUT2D eigenvalue weighted by atomic mass is 9.94. The molecule has 4 rings (SSSR count). The molecule has 0 saturated carbocycles. The first-order chi connectivity index (χ1) is 16.1. The molecule has 0 aliphatic heterocycles. The van der Waals surface area contributed by atoms with Gasteiger partial charge < -0.3 is 20.8 Å². The maximum Gasteiger partial charge on any atom is 0.320 e. The lowest BCUT2D eigenvalue weighted by Crippen LogP contribution is -2.24. The van der Waals surface area contributed by atoms with Crippen molar-refractivity contribution in [3.8, 4) is 21.1 Å². The SMILES string of the molecule is CNC(=O)Nc1nc(N)c(-c2nc(-c3cccc(NC(=O)c4ccc(C(C)(C)C)o4)c3)cs2)s1. The van der Waals surface area contributed by atoms with E-state index in [0.29, 0.717) is 26.5 Å². The molecule has 0 atom stereocenters. The molecule has 5 N–H and O–H groups in total. The Bertz CT molecular complexity index is 1350. The molecular formula is C23H24N6O3S2. The Morgan fingerprint density at radius 3 is 2.59 bits per heavy atom. The molecule has 0 radical (unpaired) electrons. The zero-order chi connectivity index (χ0) is 24.5. The number of carbonyl (C=O) groups is 2. The predicted molar refractivity (Wildman–Crippen MR) is 137 cm³/mol. The summed E-state index contributed by atoms with van der Waals surface area (Å²) in [5.41, 5.74) is 8.05. The van der Waals surface area contributed by atoms with Crippen LogP contribution in [0, 0.1) is 0 Å². The van der Waals surface area contributed by atoms with E-state index in [4.69, 9.17) is 10.2 Å². The lowest BCUT2D eigenvalue weighted by Gasteiger charge is -2.14. The molecule has 11 heteroatoms. The summed E-state index contributed by atoms with van der Waals surface area (Å²) >= 11 is 2.67. The van der Waals surface area contributed by atoms with Gasteiger partial charge >= 0.3 is 6.03 Å². The number of aromatic nitrogens is 2. The third-order valence-electron chi connectivity index (χ3n) is 4.78. The molecule has 0 aliphatic carbocycles. The van der Waals surface area contributed by atoms with Crippen LogP contribution in [0.15, 0.2) is 46.2 Å². The predicted octanol–water partition coefficient (Wildman–Crippen LogP) is 5.41. The molecule has 34 heavy (non-hydrogen) atoms. The van der Waals surface area contributed by atoms with Gasteiger partial charge in [0.2, 0.25) is 0 Å². The number of amides is 3. The highest BCUT2D eigenvalue weighted by Crippen LogP contribution is 2.38. The number of nitrogens with zero attached hydrogens (tertiary/aromatic N) is 2. The molecule has 0 saturated heterocycles. The third kappa shape index (κ3) is 5.10. The van der Waals surface area contributed by atoms with Gasteiger partial charge in [0.05, 0.1) is 5.69 Å². The Morgan fingerprint density at radius 1 is 1.09 bits per heavy atom. The second-order valence-corrected chi connectivity index (χ2v) is 10.3. The topological polar surface area (TPSA) is 135 Å². The van der Waals surface area contributed by atoms with E-state index in [9.17, 15) is 9.59 Å². The summed E-state index contributed by atoms with van der Waals surface area (Å²) in [5.74, 6) is 0.983. The number of hydrogen-bond acceptors (Lipinski definition) is 8. The van der Waals surface area contributed by atoms with E-state index in [0.717, 1.165) is 17.0 Å². The van der Waals surface area contributed by atoms with Crippen molar-refractivity contribution in [2.45, 2.75) is 26.2 Å². The summed E-state index contributed by atoms with van der Waals surface area (Å²) in [6, 6.07) is 10.5. The van der Waals surface area contributed by atoms with Crippen LogP contribution >= 0.6 is 22.7 Å². The normalized spacial score (nSPS) is 11.3. The fraction of sp³-hybridized carbons (Fsp3) is 0.217.